The van der Waals surface area contributed by atoms with Gasteiger partial charge in [-0.15, -0.1) is 11.8 Å². The molecule has 3 rings (SSSR count). The third-order valence-corrected chi connectivity index (χ3v) is 6.53. The zero-order chi connectivity index (χ0) is 22.8. The van der Waals surface area contributed by atoms with Crippen molar-refractivity contribution in [2.75, 3.05) is 16.0 Å². The molecular weight excluding hydrogens is 411 g/mol. The van der Waals surface area contributed by atoms with Crippen molar-refractivity contribution in [2.45, 2.75) is 52.8 Å². The molecule has 0 aromatic heterocycles. The van der Waals surface area contributed by atoms with Crippen molar-refractivity contribution in [3.63, 3.8) is 0 Å². The van der Waals surface area contributed by atoms with E-state index in [1.165, 1.54) is 17.8 Å². The third-order valence-electron chi connectivity index (χ3n) is 5.32. The molecule has 2 amide bonds. The second-order valence-corrected chi connectivity index (χ2v) is 10.6. The van der Waals surface area contributed by atoms with Crippen molar-refractivity contribution in [1.82, 2.24) is 0 Å². The second kappa shape index (κ2) is 9.43. The molecule has 1 saturated heterocycles. The lowest BCUT2D eigenvalue weighted by molar-refractivity contribution is -0.117. The number of amides is 2. The molecule has 0 radical (unpaired) electrons. The topological polar surface area (TPSA) is 49.4 Å². The number of nitrogens with zero attached hydrogens (tertiary/aromatic N) is 1. The summed E-state index contributed by atoms with van der Waals surface area (Å²) >= 11 is 1.51. The normalized spacial score (nSPS) is 17.7. The van der Waals surface area contributed by atoms with E-state index in [1.54, 1.807) is 24.0 Å². The van der Waals surface area contributed by atoms with Crippen molar-refractivity contribution in [2.24, 2.45) is 11.3 Å². The van der Waals surface area contributed by atoms with Crippen molar-refractivity contribution >= 4 is 35.0 Å². The first-order valence-corrected chi connectivity index (χ1v) is 11.7. The molecule has 1 heterocycles. The van der Waals surface area contributed by atoms with Gasteiger partial charge in [-0.25, -0.2) is 4.39 Å². The summed E-state index contributed by atoms with van der Waals surface area (Å²) in [5.41, 5.74) is 2.84. The van der Waals surface area contributed by atoms with Gasteiger partial charge in [-0.1, -0.05) is 45.9 Å². The summed E-state index contributed by atoms with van der Waals surface area (Å²) < 4.78 is 14.1. The van der Waals surface area contributed by atoms with Crippen LogP contribution in [0.5, 0.6) is 0 Å². The maximum atomic E-state index is 14.1. The van der Waals surface area contributed by atoms with E-state index in [2.05, 4.69) is 33.0 Å². The van der Waals surface area contributed by atoms with Gasteiger partial charge in [-0.3, -0.25) is 14.5 Å². The Hall–Kier alpha value is -2.34. The van der Waals surface area contributed by atoms with Gasteiger partial charge in [-0.2, -0.15) is 0 Å². The van der Waals surface area contributed by atoms with Crippen molar-refractivity contribution in [1.29, 1.82) is 0 Å². The monoisotopic (exact) mass is 442 g/mol. The fraction of sp³-hybridized carbons (Fsp3) is 0.440. The summed E-state index contributed by atoms with van der Waals surface area (Å²) in [6.45, 7) is 10.3. The van der Waals surface area contributed by atoms with Gasteiger partial charge in [0.2, 0.25) is 11.8 Å². The van der Waals surface area contributed by atoms with Crippen molar-refractivity contribution in [3.8, 4) is 0 Å². The highest BCUT2D eigenvalue weighted by Crippen LogP contribution is 2.43. The molecule has 1 N–H and O–H groups in total. The summed E-state index contributed by atoms with van der Waals surface area (Å²) in [6, 6.07) is 12.4. The summed E-state index contributed by atoms with van der Waals surface area (Å²) in [6.07, 6.45) is 1.44. The quantitative estimate of drug-likeness (QED) is 0.570. The van der Waals surface area contributed by atoms with Crippen LogP contribution >= 0.6 is 11.8 Å². The SMILES string of the molecule is Cc1c(F)cccc1N1C(=O)CS[C@@H]1c1cccc(NC(=O)C[C@@H](C)CC(C)(C)C)c1. The Bertz CT molecular complexity index is 970. The van der Waals surface area contributed by atoms with Crippen molar-refractivity contribution in [3.05, 3.63) is 59.4 Å². The molecule has 0 unspecified atom stereocenters. The number of carbonyl (C=O) groups excluding carboxylic acids is 2. The predicted molar refractivity (Wildman–Crippen MR) is 127 cm³/mol. The molecule has 2 atom stereocenters. The largest absolute Gasteiger partial charge is 0.326 e. The molecule has 2 aromatic rings. The Kier molecular flexibility index (Phi) is 7.10. The number of hydrogen-bond donors (Lipinski definition) is 1. The standard InChI is InChI=1S/C25H31FN2O2S/c1-16(14-25(3,4)5)12-22(29)27-19-9-6-8-18(13-19)24-28(23(30)15-31-24)21-11-7-10-20(26)17(21)2/h6-11,13,16,24H,12,14-15H2,1-5H3,(H,27,29)/t16-,24-/m1/s1. The van der Waals surface area contributed by atoms with Crippen LogP contribution in [0.1, 0.15) is 57.0 Å². The van der Waals surface area contributed by atoms with Crippen LogP contribution in [0.3, 0.4) is 0 Å². The molecule has 0 spiro atoms. The molecular formula is C25H31FN2O2S. The first kappa shape index (κ1) is 23.3. The fourth-order valence-electron chi connectivity index (χ4n) is 4.20. The Morgan fingerprint density at radius 3 is 2.68 bits per heavy atom. The first-order chi connectivity index (χ1) is 14.5. The van der Waals surface area contributed by atoms with Gasteiger partial charge in [-0.05, 0) is 54.5 Å². The van der Waals surface area contributed by atoms with Gasteiger partial charge >= 0.3 is 0 Å². The van der Waals surface area contributed by atoms with E-state index in [0.717, 1.165) is 12.0 Å². The van der Waals surface area contributed by atoms with E-state index in [4.69, 9.17) is 0 Å². The molecule has 166 valence electrons. The molecule has 4 nitrogen and oxygen atoms in total. The zero-order valence-corrected chi connectivity index (χ0v) is 19.7. The average Bonchev–Trinajstić information content (AvgIpc) is 3.04. The highest BCUT2D eigenvalue weighted by atomic mass is 32.2. The Balaban J connectivity index is 1.77. The maximum absolute atomic E-state index is 14.1. The molecule has 6 heteroatoms. The highest BCUT2D eigenvalue weighted by Gasteiger charge is 2.35. The number of rotatable bonds is 6. The maximum Gasteiger partial charge on any atom is 0.238 e. The van der Waals surface area contributed by atoms with E-state index in [9.17, 15) is 14.0 Å². The van der Waals surface area contributed by atoms with Gasteiger partial charge in [0.1, 0.15) is 11.2 Å². The molecule has 0 bridgehead atoms. The second-order valence-electron chi connectivity index (χ2n) is 9.56. The Morgan fingerprint density at radius 1 is 1.26 bits per heavy atom. The number of thioether (sulfide) groups is 1. The lowest BCUT2D eigenvalue weighted by atomic mass is 9.84. The van der Waals surface area contributed by atoms with Crippen LogP contribution in [0.15, 0.2) is 42.5 Å². The van der Waals surface area contributed by atoms with E-state index in [1.807, 2.05) is 24.3 Å². The van der Waals surface area contributed by atoms with E-state index >= 15 is 0 Å². The number of nitrogens with one attached hydrogen (secondary N) is 1. The summed E-state index contributed by atoms with van der Waals surface area (Å²) in [7, 11) is 0. The minimum absolute atomic E-state index is 0.0121. The molecule has 1 fully saturated rings. The molecule has 2 aromatic carbocycles. The van der Waals surface area contributed by atoms with Crippen LogP contribution in [0, 0.1) is 24.1 Å². The highest BCUT2D eigenvalue weighted by molar-refractivity contribution is 8.00. The predicted octanol–water partition coefficient (Wildman–Crippen LogP) is 6.31. The number of carbonyl (C=O) groups is 2. The van der Waals surface area contributed by atoms with Crippen LogP contribution in [0.4, 0.5) is 15.8 Å². The van der Waals surface area contributed by atoms with Crippen LogP contribution in [0.2, 0.25) is 0 Å². The molecule has 31 heavy (non-hydrogen) atoms. The lowest BCUT2D eigenvalue weighted by Gasteiger charge is -2.26. The zero-order valence-electron chi connectivity index (χ0n) is 18.9. The summed E-state index contributed by atoms with van der Waals surface area (Å²) in [5, 5.41) is 2.74. The molecule has 0 saturated carbocycles. The van der Waals surface area contributed by atoms with E-state index in [0.29, 0.717) is 29.1 Å². The minimum Gasteiger partial charge on any atom is -0.326 e. The fourth-order valence-corrected chi connectivity index (χ4v) is 5.36. The van der Waals surface area contributed by atoms with Crippen LogP contribution in [0.25, 0.3) is 0 Å². The number of benzene rings is 2. The minimum atomic E-state index is -0.327. The smallest absolute Gasteiger partial charge is 0.238 e. The Morgan fingerprint density at radius 2 is 1.97 bits per heavy atom. The molecule has 0 aliphatic carbocycles. The van der Waals surface area contributed by atoms with Crippen LogP contribution in [-0.4, -0.2) is 17.6 Å². The number of halogens is 1. The Labute approximate surface area is 188 Å². The van der Waals surface area contributed by atoms with Crippen molar-refractivity contribution < 1.29 is 14.0 Å². The average molecular weight is 443 g/mol. The van der Waals surface area contributed by atoms with Gasteiger partial charge in [0.15, 0.2) is 0 Å². The van der Waals surface area contributed by atoms with Gasteiger partial charge in [0.05, 0.1) is 11.4 Å². The van der Waals surface area contributed by atoms with Gasteiger partial charge in [0.25, 0.3) is 0 Å². The first-order valence-electron chi connectivity index (χ1n) is 10.6. The number of anilines is 2. The van der Waals surface area contributed by atoms with Gasteiger partial charge < -0.3 is 5.32 Å². The summed E-state index contributed by atoms with van der Waals surface area (Å²) in [5.74, 6) is 0.238. The van der Waals surface area contributed by atoms with Gasteiger partial charge in [0, 0.05) is 17.7 Å². The van der Waals surface area contributed by atoms with Crippen LogP contribution in [-0.2, 0) is 9.59 Å². The van der Waals surface area contributed by atoms with E-state index < -0.39 is 0 Å². The van der Waals surface area contributed by atoms with E-state index in [-0.39, 0.29) is 34.3 Å². The molecule has 1 aliphatic heterocycles. The summed E-state index contributed by atoms with van der Waals surface area (Å²) in [4.78, 5) is 26.8. The third kappa shape index (κ3) is 5.88. The number of hydrogen-bond acceptors (Lipinski definition) is 3. The molecule has 1 aliphatic rings. The lowest BCUT2D eigenvalue weighted by Crippen LogP contribution is -2.28. The van der Waals surface area contributed by atoms with Crippen LogP contribution < -0.4 is 10.2 Å².